The first-order chi connectivity index (χ1) is 13.6. The number of hydrogen-bond donors (Lipinski definition) is 2. The van der Waals surface area contributed by atoms with Crippen molar-refractivity contribution in [3.05, 3.63) is 34.6 Å². The van der Waals surface area contributed by atoms with E-state index in [0.717, 1.165) is 31.7 Å². The van der Waals surface area contributed by atoms with Gasteiger partial charge in [0.2, 0.25) is 11.7 Å². The van der Waals surface area contributed by atoms with E-state index >= 15 is 0 Å². The van der Waals surface area contributed by atoms with E-state index in [4.69, 9.17) is 4.74 Å². The van der Waals surface area contributed by atoms with Gasteiger partial charge in [0.15, 0.2) is 11.3 Å². The fourth-order valence-electron chi connectivity index (χ4n) is 3.33. The summed E-state index contributed by atoms with van der Waals surface area (Å²) >= 11 is 0. The zero-order valence-corrected chi connectivity index (χ0v) is 15.7. The Morgan fingerprint density at radius 3 is 2.64 bits per heavy atom. The molecule has 4 rings (SSSR count). The van der Waals surface area contributed by atoms with Crippen molar-refractivity contribution in [3.8, 4) is 17.4 Å². The average molecular weight is 383 g/mol. The molecule has 0 amide bonds. The van der Waals surface area contributed by atoms with Crippen molar-refractivity contribution in [2.24, 2.45) is 0 Å². The summed E-state index contributed by atoms with van der Waals surface area (Å²) in [5, 5.41) is 22.0. The van der Waals surface area contributed by atoms with Gasteiger partial charge in [0.05, 0.1) is 12.6 Å². The maximum atomic E-state index is 12.5. The lowest BCUT2D eigenvalue weighted by atomic mass is 10.1. The molecule has 0 atom stereocenters. The molecule has 3 aromatic heterocycles. The summed E-state index contributed by atoms with van der Waals surface area (Å²) in [6.45, 7) is 1.97. The number of anilines is 1. The zero-order chi connectivity index (χ0) is 19.7. The van der Waals surface area contributed by atoms with Crippen LogP contribution in [-0.2, 0) is 0 Å². The van der Waals surface area contributed by atoms with Crippen LogP contribution >= 0.6 is 0 Å². The first-order valence-electron chi connectivity index (χ1n) is 9.03. The summed E-state index contributed by atoms with van der Waals surface area (Å²) in [4.78, 5) is 22.9. The van der Waals surface area contributed by atoms with Crippen LogP contribution < -0.4 is 20.5 Å². The highest BCUT2D eigenvalue weighted by molar-refractivity contribution is 5.75. The van der Waals surface area contributed by atoms with Crippen LogP contribution in [0, 0.1) is 0 Å². The highest BCUT2D eigenvalue weighted by Crippen LogP contribution is 2.21. The number of fused-ring (bicyclic) bond motifs is 1. The molecule has 0 aromatic carbocycles. The van der Waals surface area contributed by atoms with Crippen LogP contribution in [0.3, 0.4) is 0 Å². The van der Waals surface area contributed by atoms with Gasteiger partial charge in [-0.2, -0.15) is 0 Å². The topological polar surface area (TPSA) is 118 Å². The van der Waals surface area contributed by atoms with Gasteiger partial charge >= 0.3 is 5.56 Å². The van der Waals surface area contributed by atoms with E-state index < -0.39 is 5.56 Å². The van der Waals surface area contributed by atoms with Gasteiger partial charge in [-0.1, -0.05) is 0 Å². The number of aromatic nitrogens is 5. The van der Waals surface area contributed by atoms with Gasteiger partial charge in [-0.05, 0) is 44.1 Å². The molecular weight excluding hydrogens is 362 g/mol. The van der Waals surface area contributed by atoms with Crippen molar-refractivity contribution in [2.75, 3.05) is 32.1 Å². The quantitative estimate of drug-likeness (QED) is 0.627. The molecule has 10 nitrogen and oxygen atoms in total. The van der Waals surface area contributed by atoms with Gasteiger partial charge < -0.3 is 20.2 Å². The predicted octanol–water partition coefficient (Wildman–Crippen LogP) is 0.683. The Bertz CT molecular complexity index is 1050. The molecule has 0 saturated carbocycles. The Kier molecular flexibility index (Phi) is 4.78. The molecule has 1 saturated heterocycles. The molecule has 0 unspecified atom stereocenters. The molecule has 1 aliphatic heterocycles. The number of nitrogens with one attached hydrogen (secondary N) is 1. The number of rotatable bonds is 4. The van der Waals surface area contributed by atoms with Crippen molar-refractivity contribution in [3.63, 3.8) is 0 Å². The highest BCUT2D eigenvalue weighted by Gasteiger charge is 2.20. The van der Waals surface area contributed by atoms with E-state index in [-0.39, 0.29) is 17.2 Å². The van der Waals surface area contributed by atoms with Gasteiger partial charge in [-0.25, -0.2) is 9.97 Å². The monoisotopic (exact) mass is 383 g/mol. The third-order valence-corrected chi connectivity index (χ3v) is 4.98. The molecule has 3 aromatic rings. The second kappa shape index (κ2) is 7.39. The molecule has 0 bridgehead atoms. The SMILES string of the molecule is COc1ccc2nc(-c3ccc(N(C)C4CCNCC4)nn3)n(O)c(=O)c2n1. The second-order valence-electron chi connectivity index (χ2n) is 6.64. The number of pyridine rings is 1. The summed E-state index contributed by atoms with van der Waals surface area (Å²) in [6.07, 6.45) is 2.08. The standard InChI is InChI=1S/C18H21N7O3/c1-24(11-7-9-19-10-8-11)14-5-3-13(22-23-14)17-20-12-4-6-15(28-2)21-16(12)18(26)25(17)27/h3-6,11,19,27H,7-10H2,1-2H3. The molecule has 0 spiro atoms. The minimum atomic E-state index is -0.698. The first-order valence-corrected chi connectivity index (χ1v) is 9.03. The summed E-state index contributed by atoms with van der Waals surface area (Å²) in [7, 11) is 3.44. The first kappa shape index (κ1) is 18.1. The van der Waals surface area contributed by atoms with Gasteiger partial charge in [0.25, 0.3) is 0 Å². The van der Waals surface area contributed by atoms with Gasteiger partial charge in [-0.15, -0.1) is 14.9 Å². The number of nitrogens with zero attached hydrogens (tertiary/aromatic N) is 6. The minimum Gasteiger partial charge on any atom is -0.481 e. The second-order valence-corrected chi connectivity index (χ2v) is 6.64. The third-order valence-electron chi connectivity index (χ3n) is 4.98. The number of ether oxygens (including phenoxy) is 1. The number of piperidine rings is 1. The van der Waals surface area contributed by atoms with Gasteiger partial charge in [-0.3, -0.25) is 4.79 Å². The van der Waals surface area contributed by atoms with Crippen LogP contribution in [0.1, 0.15) is 12.8 Å². The maximum absolute atomic E-state index is 12.5. The van der Waals surface area contributed by atoms with E-state index in [0.29, 0.717) is 22.0 Å². The fourth-order valence-corrected chi connectivity index (χ4v) is 3.33. The predicted molar refractivity (Wildman–Crippen MR) is 103 cm³/mol. The minimum absolute atomic E-state index is 0.00744. The van der Waals surface area contributed by atoms with Crippen LogP contribution in [-0.4, -0.2) is 63.4 Å². The number of methoxy groups -OCH3 is 1. The summed E-state index contributed by atoms with van der Waals surface area (Å²) in [5.74, 6) is 1.01. The zero-order valence-electron chi connectivity index (χ0n) is 15.7. The third kappa shape index (κ3) is 3.22. The van der Waals surface area contributed by atoms with Gasteiger partial charge in [0.1, 0.15) is 5.69 Å². The van der Waals surface area contributed by atoms with Crippen LogP contribution in [0.2, 0.25) is 0 Å². The lowest BCUT2D eigenvalue weighted by Gasteiger charge is -2.32. The van der Waals surface area contributed by atoms with E-state index in [9.17, 15) is 10.0 Å². The normalized spacial score (nSPS) is 14.9. The van der Waals surface area contributed by atoms with Crippen LogP contribution in [0.15, 0.2) is 29.1 Å². The van der Waals surface area contributed by atoms with Crippen molar-refractivity contribution >= 4 is 16.9 Å². The molecule has 0 radical (unpaired) electrons. The smallest absolute Gasteiger partial charge is 0.313 e. The molecular formula is C18H21N7O3. The molecule has 10 heteroatoms. The molecule has 146 valence electrons. The summed E-state index contributed by atoms with van der Waals surface area (Å²) < 4.78 is 5.46. The van der Waals surface area contributed by atoms with Crippen LogP contribution in [0.5, 0.6) is 5.88 Å². The summed E-state index contributed by atoms with van der Waals surface area (Å²) in [6, 6.07) is 7.11. The van der Waals surface area contributed by atoms with Crippen LogP contribution in [0.25, 0.3) is 22.6 Å². The molecule has 0 aliphatic carbocycles. The van der Waals surface area contributed by atoms with E-state index in [1.165, 1.54) is 7.11 Å². The van der Waals surface area contributed by atoms with Crippen molar-refractivity contribution < 1.29 is 9.94 Å². The lowest BCUT2D eigenvalue weighted by molar-refractivity contribution is 0.178. The molecule has 4 heterocycles. The highest BCUT2D eigenvalue weighted by atomic mass is 16.5. The number of hydrogen-bond acceptors (Lipinski definition) is 9. The van der Waals surface area contributed by atoms with Gasteiger partial charge in [0, 0.05) is 19.2 Å². The Morgan fingerprint density at radius 2 is 1.96 bits per heavy atom. The Labute approximate surface area is 160 Å². The van der Waals surface area contributed by atoms with Crippen molar-refractivity contribution in [1.29, 1.82) is 0 Å². The van der Waals surface area contributed by atoms with E-state index in [2.05, 4.69) is 30.4 Å². The van der Waals surface area contributed by atoms with E-state index in [1.54, 1.807) is 18.2 Å². The Balaban J connectivity index is 1.68. The fraction of sp³-hybridized carbons (Fsp3) is 0.389. The maximum Gasteiger partial charge on any atom is 0.313 e. The Morgan fingerprint density at radius 1 is 1.18 bits per heavy atom. The lowest BCUT2D eigenvalue weighted by Crippen LogP contribution is -2.41. The van der Waals surface area contributed by atoms with Crippen LogP contribution in [0.4, 0.5) is 5.82 Å². The van der Waals surface area contributed by atoms with E-state index in [1.807, 2.05) is 13.1 Å². The molecule has 28 heavy (non-hydrogen) atoms. The largest absolute Gasteiger partial charge is 0.481 e. The molecule has 2 N–H and O–H groups in total. The summed E-state index contributed by atoms with van der Waals surface area (Å²) in [5.41, 5.74) is -0.0546. The van der Waals surface area contributed by atoms with Crippen molar-refractivity contribution in [2.45, 2.75) is 18.9 Å². The molecule has 1 fully saturated rings. The average Bonchev–Trinajstić information content (AvgIpc) is 2.76. The molecule has 1 aliphatic rings. The van der Waals surface area contributed by atoms with Crippen molar-refractivity contribution in [1.82, 2.24) is 30.2 Å². The Hall–Kier alpha value is -3.27.